The molecule has 0 spiro atoms. The molecule has 0 atom stereocenters. The number of aliphatic hydroxyl groups excluding tert-OH is 1. The number of sulfonamides is 1. The molecule has 2 N–H and O–H groups in total. The van der Waals surface area contributed by atoms with E-state index in [0.717, 1.165) is 6.07 Å². The van der Waals surface area contributed by atoms with Crippen LogP contribution in [0.4, 0.5) is 10.1 Å². The molecule has 1 heterocycles. The fourth-order valence-electron chi connectivity index (χ4n) is 1.87. The van der Waals surface area contributed by atoms with Crippen LogP contribution in [0.1, 0.15) is 12.6 Å². The summed E-state index contributed by atoms with van der Waals surface area (Å²) in [6.45, 7) is 2.06. The minimum absolute atomic E-state index is 0.0391. The van der Waals surface area contributed by atoms with Gasteiger partial charge in [0.05, 0.1) is 12.3 Å². The number of nitrogens with one attached hydrogen (secondary N) is 1. The molecule has 114 valence electrons. The minimum Gasteiger partial charge on any atom is -0.390 e. The van der Waals surface area contributed by atoms with E-state index in [-0.39, 0.29) is 22.2 Å². The lowest BCUT2D eigenvalue weighted by atomic mass is 10.3. The van der Waals surface area contributed by atoms with E-state index in [1.807, 2.05) is 6.92 Å². The van der Waals surface area contributed by atoms with Crippen LogP contribution in [0, 0.1) is 5.82 Å². The van der Waals surface area contributed by atoms with Crippen molar-refractivity contribution in [1.82, 2.24) is 4.57 Å². The van der Waals surface area contributed by atoms with E-state index in [9.17, 15) is 17.9 Å². The second-order valence-corrected chi connectivity index (χ2v) is 6.46. The van der Waals surface area contributed by atoms with Gasteiger partial charge in [-0.15, -0.1) is 0 Å². The SMILES string of the molecule is CCn1cc(S(=O)(=O)Nc2ccc(Cl)cc2F)cc1CO. The van der Waals surface area contributed by atoms with Crippen LogP contribution in [-0.4, -0.2) is 18.1 Å². The molecule has 0 aliphatic heterocycles. The number of rotatable bonds is 5. The maximum Gasteiger partial charge on any atom is 0.263 e. The zero-order valence-corrected chi connectivity index (χ0v) is 12.7. The van der Waals surface area contributed by atoms with Crippen molar-refractivity contribution in [3.8, 4) is 0 Å². The van der Waals surface area contributed by atoms with Gasteiger partial charge in [-0.3, -0.25) is 4.72 Å². The van der Waals surface area contributed by atoms with Crippen molar-refractivity contribution in [1.29, 1.82) is 0 Å². The third kappa shape index (κ3) is 3.37. The number of aliphatic hydroxyl groups is 1. The minimum atomic E-state index is -3.94. The molecule has 0 saturated carbocycles. The van der Waals surface area contributed by atoms with Gasteiger partial charge in [-0.25, -0.2) is 12.8 Å². The highest BCUT2D eigenvalue weighted by Crippen LogP contribution is 2.23. The molecular weight excluding hydrogens is 319 g/mol. The first-order valence-electron chi connectivity index (χ1n) is 6.15. The van der Waals surface area contributed by atoms with Gasteiger partial charge >= 0.3 is 0 Å². The Morgan fingerprint density at radius 1 is 1.38 bits per heavy atom. The highest BCUT2D eigenvalue weighted by molar-refractivity contribution is 7.92. The molecule has 0 aliphatic carbocycles. The monoisotopic (exact) mass is 332 g/mol. The topological polar surface area (TPSA) is 71.3 Å². The molecular formula is C13H14ClFN2O3S. The van der Waals surface area contributed by atoms with E-state index >= 15 is 0 Å². The third-order valence-electron chi connectivity index (χ3n) is 2.95. The molecule has 1 aromatic heterocycles. The van der Waals surface area contributed by atoms with Crippen LogP contribution in [0.3, 0.4) is 0 Å². The van der Waals surface area contributed by atoms with Gasteiger partial charge in [0.2, 0.25) is 0 Å². The van der Waals surface area contributed by atoms with Crippen LogP contribution in [0.5, 0.6) is 0 Å². The zero-order valence-electron chi connectivity index (χ0n) is 11.2. The molecule has 5 nitrogen and oxygen atoms in total. The van der Waals surface area contributed by atoms with Crippen LogP contribution in [0.15, 0.2) is 35.4 Å². The van der Waals surface area contributed by atoms with Crippen LogP contribution in [0.25, 0.3) is 0 Å². The van der Waals surface area contributed by atoms with Gasteiger partial charge in [0.1, 0.15) is 10.7 Å². The maximum absolute atomic E-state index is 13.7. The van der Waals surface area contributed by atoms with Crippen molar-refractivity contribution >= 4 is 27.3 Å². The second-order valence-electron chi connectivity index (χ2n) is 4.34. The summed E-state index contributed by atoms with van der Waals surface area (Å²) in [6, 6.07) is 5.01. The summed E-state index contributed by atoms with van der Waals surface area (Å²) < 4.78 is 41.9. The Morgan fingerprint density at radius 2 is 2.10 bits per heavy atom. The highest BCUT2D eigenvalue weighted by atomic mass is 35.5. The van der Waals surface area contributed by atoms with Gasteiger partial charge in [-0.05, 0) is 31.2 Å². The average Bonchev–Trinajstić information content (AvgIpc) is 2.86. The highest BCUT2D eigenvalue weighted by Gasteiger charge is 2.19. The molecule has 0 fully saturated rings. The standard InChI is InChI=1S/C13H14ClFN2O3S/c1-2-17-7-11(6-10(17)8-18)21(19,20)16-13-4-3-9(14)5-12(13)15/h3-7,16,18H,2,8H2,1H3. The predicted octanol–water partition coefficient (Wildman–Crippen LogP) is 2.59. The summed E-state index contributed by atoms with van der Waals surface area (Å²) in [4.78, 5) is -0.0391. The number of anilines is 1. The summed E-state index contributed by atoms with van der Waals surface area (Å²) >= 11 is 5.62. The van der Waals surface area contributed by atoms with Gasteiger partial charge in [-0.1, -0.05) is 11.6 Å². The summed E-state index contributed by atoms with van der Waals surface area (Å²) in [5, 5.41) is 9.36. The normalized spacial score (nSPS) is 11.6. The van der Waals surface area contributed by atoms with Crippen molar-refractivity contribution in [2.45, 2.75) is 25.0 Å². The Kier molecular flexibility index (Phi) is 4.55. The molecule has 0 saturated heterocycles. The van der Waals surface area contributed by atoms with E-state index in [4.69, 9.17) is 11.6 Å². The summed E-state index contributed by atoms with van der Waals surface area (Å²) in [5.41, 5.74) is 0.281. The lowest BCUT2D eigenvalue weighted by Gasteiger charge is -2.07. The Balaban J connectivity index is 2.36. The van der Waals surface area contributed by atoms with Crippen LogP contribution >= 0.6 is 11.6 Å². The Morgan fingerprint density at radius 3 is 2.62 bits per heavy atom. The van der Waals surface area contributed by atoms with Crippen molar-refractivity contribution in [3.63, 3.8) is 0 Å². The molecule has 8 heteroatoms. The lowest BCUT2D eigenvalue weighted by Crippen LogP contribution is -2.13. The molecule has 0 aliphatic rings. The van der Waals surface area contributed by atoms with Gasteiger partial charge in [0.15, 0.2) is 0 Å². The van der Waals surface area contributed by atoms with Crippen molar-refractivity contribution in [3.05, 3.63) is 47.0 Å². The number of aromatic nitrogens is 1. The summed E-state index contributed by atoms with van der Waals surface area (Å²) in [5.74, 6) is -0.761. The zero-order chi connectivity index (χ0) is 15.6. The average molecular weight is 333 g/mol. The summed E-state index contributed by atoms with van der Waals surface area (Å²) in [6.07, 6.45) is 1.39. The summed E-state index contributed by atoms with van der Waals surface area (Å²) in [7, 11) is -3.94. The number of nitrogens with zero attached hydrogens (tertiary/aromatic N) is 1. The van der Waals surface area contributed by atoms with Gasteiger partial charge in [0, 0.05) is 23.5 Å². The molecule has 0 unspecified atom stereocenters. The fraction of sp³-hybridized carbons (Fsp3) is 0.231. The van der Waals surface area contributed by atoms with Crippen molar-refractivity contribution in [2.75, 3.05) is 4.72 Å². The smallest absolute Gasteiger partial charge is 0.263 e. The van der Waals surface area contributed by atoms with E-state index in [0.29, 0.717) is 12.2 Å². The molecule has 0 amide bonds. The number of aryl methyl sites for hydroxylation is 1. The Hall–Kier alpha value is -1.57. The number of hydrogen-bond acceptors (Lipinski definition) is 3. The number of benzene rings is 1. The second kappa shape index (κ2) is 6.05. The van der Waals surface area contributed by atoms with Crippen molar-refractivity contribution in [2.24, 2.45) is 0 Å². The number of hydrogen-bond donors (Lipinski definition) is 2. The quantitative estimate of drug-likeness (QED) is 0.884. The largest absolute Gasteiger partial charge is 0.390 e. The van der Waals surface area contributed by atoms with Crippen LogP contribution < -0.4 is 4.72 Å². The molecule has 0 radical (unpaired) electrons. The van der Waals surface area contributed by atoms with E-state index in [1.54, 1.807) is 4.57 Å². The molecule has 21 heavy (non-hydrogen) atoms. The first-order chi connectivity index (χ1) is 9.87. The first kappa shape index (κ1) is 15.8. The number of halogens is 2. The van der Waals surface area contributed by atoms with Gasteiger partial charge < -0.3 is 9.67 Å². The predicted molar refractivity (Wildman–Crippen MR) is 78.2 cm³/mol. The van der Waals surface area contributed by atoms with E-state index in [2.05, 4.69) is 4.72 Å². The Labute approximate surface area is 127 Å². The lowest BCUT2D eigenvalue weighted by molar-refractivity contribution is 0.271. The molecule has 2 rings (SSSR count). The van der Waals surface area contributed by atoms with E-state index < -0.39 is 15.8 Å². The van der Waals surface area contributed by atoms with Gasteiger partial charge in [-0.2, -0.15) is 0 Å². The first-order valence-corrected chi connectivity index (χ1v) is 8.01. The van der Waals surface area contributed by atoms with Crippen LogP contribution in [0.2, 0.25) is 5.02 Å². The van der Waals surface area contributed by atoms with E-state index in [1.165, 1.54) is 24.4 Å². The third-order valence-corrected chi connectivity index (χ3v) is 4.52. The van der Waals surface area contributed by atoms with Crippen LogP contribution in [-0.2, 0) is 23.2 Å². The molecule has 1 aromatic carbocycles. The molecule has 0 bridgehead atoms. The molecule has 2 aromatic rings. The maximum atomic E-state index is 13.7. The Bertz CT molecular complexity index is 737. The fourth-order valence-corrected chi connectivity index (χ4v) is 3.16. The van der Waals surface area contributed by atoms with Gasteiger partial charge in [0.25, 0.3) is 10.0 Å². The van der Waals surface area contributed by atoms with Crippen molar-refractivity contribution < 1.29 is 17.9 Å².